The van der Waals surface area contributed by atoms with Gasteiger partial charge in [-0.3, -0.25) is 14.7 Å². The molecule has 124 valence electrons. The van der Waals surface area contributed by atoms with Crippen LogP contribution in [0.2, 0.25) is 0 Å². The third-order valence-electron chi connectivity index (χ3n) is 3.63. The van der Waals surface area contributed by atoms with E-state index in [1.807, 2.05) is 37.3 Å². The number of rotatable bonds is 3. The number of para-hydroxylation sites is 1. The van der Waals surface area contributed by atoms with Crippen molar-refractivity contribution in [3.63, 3.8) is 0 Å². The van der Waals surface area contributed by atoms with E-state index in [0.29, 0.717) is 22.1 Å². The molecule has 1 saturated heterocycles. The number of amidine groups is 1. The number of hydrogen-bond acceptors (Lipinski definition) is 5. The predicted octanol–water partition coefficient (Wildman–Crippen LogP) is 1.81. The highest BCUT2D eigenvalue weighted by Crippen LogP contribution is 2.18. The molecule has 8 heteroatoms. The molecule has 3 rings (SSSR count). The molecule has 0 spiro atoms. The Balaban J connectivity index is 1.94. The summed E-state index contributed by atoms with van der Waals surface area (Å²) in [4.78, 5) is 24.1. The van der Waals surface area contributed by atoms with Crippen molar-refractivity contribution in [2.75, 3.05) is 0 Å². The summed E-state index contributed by atoms with van der Waals surface area (Å²) in [6.07, 6.45) is 0. The Morgan fingerprint density at radius 3 is 2.58 bits per heavy atom. The molecule has 0 radical (unpaired) electrons. The van der Waals surface area contributed by atoms with Gasteiger partial charge in [-0.15, -0.1) is 5.10 Å². The van der Waals surface area contributed by atoms with Gasteiger partial charge in [0.2, 0.25) is 5.91 Å². The third-order valence-corrected chi connectivity index (χ3v) is 4.60. The molecule has 0 saturated carbocycles. The van der Waals surface area contributed by atoms with E-state index in [1.54, 1.807) is 13.8 Å². The first-order valence-electron chi connectivity index (χ1n) is 7.44. The second-order valence-electron chi connectivity index (χ2n) is 5.43. The SMILES string of the molecule is C/C(=N/N=C1\NC(=O)C(C)S1)c1c(C)[nH]n(-c2ccccc2)c1=O. The molecule has 1 amide bonds. The molecule has 24 heavy (non-hydrogen) atoms. The van der Waals surface area contributed by atoms with Crippen LogP contribution >= 0.6 is 11.8 Å². The number of carbonyl (C=O) groups excluding carboxylic acids is 1. The fourth-order valence-electron chi connectivity index (χ4n) is 2.41. The Kier molecular flexibility index (Phi) is 4.39. The summed E-state index contributed by atoms with van der Waals surface area (Å²) in [5.74, 6) is -0.0872. The minimum Gasteiger partial charge on any atom is -0.303 e. The highest BCUT2D eigenvalue weighted by molar-refractivity contribution is 8.15. The second-order valence-corrected chi connectivity index (χ2v) is 6.76. The molecular weight excluding hydrogens is 326 g/mol. The summed E-state index contributed by atoms with van der Waals surface area (Å²) in [7, 11) is 0. The second kappa shape index (κ2) is 6.48. The van der Waals surface area contributed by atoms with Crippen LogP contribution in [0.3, 0.4) is 0 Å². The van der Waals surface area contributed by atoms with Gasteiger partial charge in [-0.25, -0.2) is 4.68 Å². The molecule has 1 unspecified atom stereocenters. The Labute approximate surface area is 142 Å². The van der Waals surface area contributed by atoms with Crippen molar-refractivity contribution in [3.05, 3.63) is 51.9 Å². The lowest BCUT2D eigenvalue weighted by atomic mass is 10.2. The molecule has 1 aliphatic heterocycles. The van der Waals surface area contributed by atoms with Crippen LogP contribution in [0.25, 0.3) is 5.69 Å². The van der Waals surface area contributed by atoms with Crippen LogP contribution in [0.4, 0.5) is 0 Å². The Morgan fingerprint density at radius 1 is 1.25 bits per heavy atom. The van der Waals surface area contributed by atoms with Crippen LogP contribution < -0.4 is 10.9 Å². The van der Waals surface area contributed by atoms with Crippen LogP contribution in [0.15, 0.2) is 45.3 Å². The number of aromatic nitrogens is 2. The summed E-state index contributed by atoms with van der Waals surface area (Å²) in [5.41, 5.74) is 2.25. The summed E-state index contributed by atoms with van der Waals surface area (Å²) >= 11 is 1.31. The number of aryl methyl sites for hydroxylation is 1. The number of H-pyrrole nitrogens is 1. The molecular formula is C16H17N5O2S. The first kappa shape index (κ1) is 16.3. The van der Waals surface area contributed by atoms with Crippen LogP contribution in [-0.4, -0.2) is 31.8 Å². The van der Waals surface area contributed by atoms with Gasteiger partial charge in [-0.2, -0.15) is 5.10 Å². The monoisotopic (exact) mass is 343 g/mol. The van der Waals surface area contributed by atoms with E-state index in [-0.39, 0.29) is 16.7 Å². The van der Waals surface area contributed by atoms with Crippen LogP contribution in [0.1, 0.15) is 25.1 Å². The van der Waals surface area contributed by atoms with Gasteiger partial charge in [-0.1, -0.05) is 30.0 Å². The van der Waals surface area contributed by atoms with Crippen molar-refractivity contribution in [3.8, 4) is 5.69 Å². The number of amides is 1. The normalized spacial score (nSPS) is 19.8. The number of nitrogens with zero attached hydrogens (tertiary/aromatic N) is 3. The summed E-state index contributed by atoms with van der Waals surface area (Å²) in [5, 5.41) is 14.1. The maximum Gasteiger partial charge on any atom is 0.280 e. The number of aromatic amines is 1. The van der Waals surface area contributed by atoms with Gasteiger partial charge < -0.3 is 5.32 Å². The summed E-state index contributed by atoms with van der Waals surface area (Å²) in [6, 6.07) is 9.32. The zero-order valence-corrected chi connectivity index (χ0v) is 14.3. The molecule has 0 aliphatic carbocycles. The molecule has 2 aromatic rings. The quantitative estimate of drug-likeness (QED) is 0.657. The van der Waals surface area contributed by atoms with Crippen molar-refractivity contribution in [1.29, 1.82) is 0 Å². The maximum absolute atomic E-state index is 12.7. The lowest BCUT2D eigenvalue weighted by molar-refractivity contribution is -0.118. The van der Waals surface area contributed by atoms with Gasteiger partial charge >= 0.3 is 0 Å². The molecule has 1 aromatic heterocycles. The predicted molar refractivity (Wildman–Crippen MR) is 96.0 cm³/mol. The average Bonchev–Trinajstić information content (AvgIpc) is 3.05. The maximum atomic E-state index is 12.7. The van der Waals surface area contributed by atoms with E-state index in [2.05, 4.69) is 20.6 Å². The largest absolute Gasteiger partial charge is 0.303 e. The number of hydrogen-bond donors (Lipinski definition) is 2. The van der Waals surface area contributed by atoms with Gasteiger partial charge in [-0.05, 0) is 32.9 Å². The van der Waals surface area contributed by atoms with Crippen molar-refractivity contribution < 1.29 is 4.79 Å². The van der Waals surface area contributed by atoms with Crippen molar-refractivity contribution in [2.45, 2.75) is 26.0 Å². The summed E-state index contributed by atoms with van der Waals surface area (Å²) in [6.45, 7) is 5.34. The van der Waals surface area contributed by atoms with Crippen molar-refractivity contribution >= 4 is 28.5 Å². The standard InChI is InChI=1S/C16H17N5O2S/c1-9(18-19-16-17-14(22)11(3)24-16)13-10(2)20-21(15(13)23)12-7-5-4-6-8-12/h4-8,11,20H,1-3H3,(H,17,19,22)/b18-9-. The Hall–Kier alpha value is -2.61. The zero-order chi connectivity index (χ0) is 17.3. The minimum absolute atomic E-state index is 0.0872. The lowest BCUT2D eigenvalue weighted by Crippen LogP contribution is -2.23. The smallest absolute Gasteiger partial charge is 0.280 e. The lowest BCUT2D eigenvalue weighted by Gasteiger charge is -1.99. The molecule has 1 aromatic carbocycles. The average molecular weight is 343 g/mol. The molecule has 0 bridgehead atoms. The number of benzene rings is 1. The van der Waals surface area contributed by atoms with Gasteiger partial charge in [0.15, 0.2) is 5.17 Å². The molecule has 2 heterocycles. The Bertz CT molecular complexity index is 895. The van der Waals surface area contributed by atoms with E-state index < -0.39 is 0 Å². The molecule has 1 aliphatic rings. The molecule has 1 atom stereocenters. The Morgan fingerprint density at radius 2 is 1.96 bits per heavy atom. The zero-order valence-electron chi connectivity index (χ0n) is 13.5. The van der Waals surface area contributed by atoms with E-state index >= 15 is 0 Å². The number of nitrogens with one attached hydrogen (secondary N) is 2. The van der Waals surface area contributed by atoms with Crippen molar-refractivity contribution in [1.82, 2.24) is 15.1 Å². The van der Waals surface area contributed by atoms with E-state index in [9.17, 15) is 9.59 Å². The van der Waals surface area contributed by atoms with Gasteiger partial charge in [0.25, 0.3) is 5.56 Å². The van der Waals surface area contributed by atoms with E-state index in [1.165, 1.54) is 16.4 Å². The first-order chi connectivity index (χ1) is 11.5. The van der Waals surface area contributed by atoms with Gasteiger partial charge in [0, 0.05) is 5.69 Å². The highest BCUT2D eigenvalue weighted by Gasteiger charge is 2.26. The van der Waals surface area contributed by atoms with Crippen LogP contribution in [0, 0.1) is 6.92 Å². The van der Waals surface area contributed by atoms with E-state index in [0.717, 1.165) is 5.69 Å². The molecule has 7 nitrogen and oxygen atoms in total. The number of thioether (sulfide) groups is 1. The highest BCUT2D eigenvalue weighted by atomic mass is 32.2. The van der Waals surface area contributed by atoms with Gasteiger partial charge in [0.05, 0.1) is 22.2 Å². The topological polar surface area (TPSA) is 91.6 Å². The van der Waals surface area contributed by atoms with Crippen molar-refractivity contribution in [2.24, 2.45) is 10.2 Å². The number of carbonyl (C=O) groups is 1. The van der Waals surface area contributed by atoms with Crippen LogP contribution in [0.5, 0.6) is 0 Å². The van der Waals surface area contributed by atoms with Gasteiger partial charge in [0.1, 0.15) is 0 Å². The minimum atomic E-state index is -0.184. The molecule has 2 N–H and O–H groups in total. The summed E-state index contributed by atoms with van der Waals surface area (Å²) < 4.78 is 1.48. The first-order valence-corrected chi connectivity index (χ1v) is 8.32. The molecule has 1 fully saturated rings. The van der Waals surface area contributed by atoms with Crippen LogP contribution in [-0.2, 0) is 4.79 Å². The van der Waals surface area contributed by atoms with E-state index in [4.69, 9.17) is 0 Å². The third kappa shape index (κ3) is 3.05. The fourth-order valence-corrected chi connectivity index (χ4v) is 3.16. The fraction of sp³-hybridized carbons (Fsp3) is 0.250.